The zero-order valence-corrected chi connectivity index (χ0v) is 15.2. The van der Waals surface area contributed by atoms with E-state index in [9.17, 15) is 14.7 Å². The normalized spacial score (nSPS) is 53.2. The van der Waals surface area contributed by atoms with Crippen LogP contribution in [-0.2, 0) is 14.3 Å². The van der Waals surface area contributed by atoms with E-state index in [1.807, 2.05) is 0 Å². The summed E-state index contributed by atoms with van der Waals surface area (Å²) in [6, 6.07) is 0. The maximum Gasteiger partial charge on any atom is 0.311 e. The molecule has 0 aromatic heterocycles. The van der Waals surface area contributed by atoms with Crippen LogP contribution in [0.1, 0.15) is 71.6 Å². The molecule has 0 radical (unpaired) electrons. The molecule has 4 rings (SSSR count). The Balaban J connectivity index is 1.74. The zero-order valence-electron chi connectivity index (χ0n) is 15.2. The fraction of sp³-hybridized carbons (Fsp3) is 0.900. The van der Waals surface area contributed by atoms with Crippen LogP contribution in [0.4, 0.5) is 0 Å². The lowest BCUT2D eigenvalue weighted by atomic mass is 9.41. The van der Waals surface area contributed by atoms with E-state index in [-0.39, 0.29) is 22.6 Å². The molecule has 4 heteroatoms. The molecule has 0 heterocycles. The van der Waals surface area contributed by atoms with Crippen LogP contribution in [0.5, 0.6) is 0 Å². The van der Waals surface area contributed by atoms with Gasteiger partial charge in [-0.3, -0.25) is 9.59 Å². The Labute approximate surface area is 144 Å². The number of ether oxygens (including phenoxy) is 1. The maximum atomic E-state index is 12.6. The van der Waals surface area contributed by atoms with Crippen molar-refractivity contribution in [2.24, 2.45) is 28.1 Å². The zero-order chi connectivity index (χ0) is 17.4. The van der Waals surface area contributed by atoms with Gasteiger partial charge in [0.1, 0.15) is 5.60 Å². The van der Waals surface area contributed by atoms with E-state index in [1.165, 1.54) is 7.11 Å². The summed E-state index contributed by atoms with van der Waals surface area (Å²) in [7, 11) is 1.50. The molecule has 0 saturated heterocycles. The molecule has 134 valence electrons. The first kappa shape index (κ1) is 16.6. The molecule has 4 aliphatic carbocycles. The quantitative estimate of drug-likeness (QED) is 0.748. The summed E-state index contributed by atoms with van der Waals surface area (Å²) in [5, 5.41) is 10.7. The van der Waals surface area contributed by atoms with Gasteiger partial charge in [0.15, 0.2) is 5.78 Å². The lowest BCUT2D eigenvalue weighted by Crippen LogP contribution is -2.59. The minimum absolute atomic E-state index is 0.0241. The minimum Gasteiger partial charge on any atom is -0.469 e. The number of hydrogen-bond donors (Lipinski definition) is 1. The van der Waals surface area contributed by atoms with Crippen molar-refractivity contribution in [1.82, 2.24) is 0 Å². The van der Waals surface area contributed by atoms with Crippen LogP contribution in [0.25, 0.3) is 0 Å². The van der Waals surface area contributed by atoms with E-state index in [2.05, 4.69) is 13.8 Å². The Bertz CT molecular complexity index is 600. The van der Waals surface area contributed by atoms with Gasteiger partial charge < -0.3 is 9.84 Å². The first-order valence-electron chi connectivity index (χ1n) is 9.54. The summed E-state index contributed by atoms with van der Waals surface area (Å²) >= 11 is 0. The number of aliphatic hydroxyl groups is 1. The highest BCUT2D eigenvalue weighted by molar-refractivity contribution is 5.90. The molecule has 1 spiro atoms. The summed E-state index contributed by atoms with van der Waals surface area (Å²) in [4.78, 5) is 25.0. The van der Waals surface area contributed by atoms with Crippen molar-refractivity contribution in [3.05, 3.63) is 0 Å². The second kappa shape index (κ2) is 4.84. The number of ketones is 1. The third-order valence-electron chi connectivity index (χ3n) is 8.62. The van der Waals surface area contributed by atoms with Crippen LogP contribution in [0.3, 0.4) is 0 Å². The minimum atomic E-state index is -1.06. The number of rotatable bonds is 1. The lowest BCUT2D eigenvalue weighted by molar-refractivity contribution is -0.188. The predicted octanol–water partition coefficient (Wildman–Crippen LogP) is 3.26. The second-order valence-electron chi connectivity index (χ2n) is 9.62. The highest BCUT2D eigenvalue weighted by Crippen LogP contribution is 2.71. The van der Waals surface area contributed by atoms with E-state index in [0.29, 0.717) is 31.1 Å². The Morgan fingerprint density at radius 3 is 2.54 bits per heavy atom. The van der Waals surface area contributed by atoms with Crippen molar-refractivity contribution < 1.29 is 19.4 Å². The molecule has 24 heavy (non-hydrogen) atoms. The fourth-order valence-electron chi connectivity index (χ4n) is 7.66. The van der Waals surface area contributed by atoms with Crippen LogP contribution < -0.4 is 0 Å². The predicted molar refractivity (Wildman–Crippen MR) is 89.2 cm³/mol. The Kier molecular flexibility index (Phi) is 3.34. The molecule has 0 aromatic carbocycles. The van der Waals surface area contributed by atoms with Crippen molar-refractivity contribution in [3.63, 3.8) is 0 Å². The van der Waals surface area contributed by atoms with Crippen molar-refractivity contribution in [2.75, 3.05) is 7.11 Å². The fourth-order valence-corrected chi connectivity index (χ4v) is 7.66. The van der Waals surface area contributed by atoms with Crippen LogP contribution in [0.15, 0.2) is 0 Å². The number of fused-ring (bicyclic) bond motifs is 3. The molecule has 0 aliphatic heterocycles. The molecule has 2 unspecified atom stereocenters. The van der Waals surface area contributed by atoms with Gasteiger partial charge in [0.2, 0.25) is 0 Å². The number of methoxy groups -OCH3 is 1. The molecule has 6 atom stereocenters. The van der Waals surface area contributed by atoms with Gasteiger partial charge in [-0.15, -0.1) is 0 Å². The SMILES string of the molecule is COC(=O)[C@]1(C)CCC[C@@]2(C)C3CC[C@]4(O)C[C@@]3(CCC21)CC4=O. The van der Waals surface area contributed by atoms with Gasteiger partial charge in [-0.1, -0.05) is 13.3 Å². The van der Waals surface area contributed by atoms with Crippen molar-refractivity contribution in [3.8, 4) is 0 Å². The molecule has 0 aromatic rings. The van der Waals surface area contributed by atoms with Crippen LogP contribution >= 0.6 is 0 Å². The third kappa shape index (κ3) is 1.84. The van der Waals surface area contributed by atoms with Gasteiger partial charge in [-0.25, -0.2) is 0 Å². The van der Waals surface area contributed by atoms with Gasteiger partial charge in [0, 0.05) is 6.42 Å². The molecular weight excluding hydrogens is 304 g/mol. The number of carbonyl (C=O) groups excluding carboxylic acids is 2. The Morgan fingerprint density at radius 2 is 1.83 bits per heavy atom. The van der Waals surface area contributed by atoms with Crippen molar-refractivity contribution >= 4 is 11.8 Å². The summed E-state index contributed by atoms with van der Waals surface area (Å²) in [6.45, 7) is 4.45. The maximum absolute atomic E-state index is 12.6. The molecular formula is C20H30O4. The van der Waals surface area contributed by atoms with Gasteiger partial charge in [0.05, 0.1) is 12.5 Å². The standard InChI is InChI=1S/C20H30O4/c1-17-7-4-8-18(2,16(22)24-3)13(17)5-9-19-11-15(21)20(23,12-19)10-6-14(17)19/h13-14,23H,4-12H2,1-3H3/t13?,14?,17-,18-,19-,20+/m1/s1. The van der Waals surface area contributed by atoms with E-state index in [0.717, 1.165) is 38.5 Å². The Hall–Kier alpha value is -0.900. The monoisotopic (exact) mass is 334 g/mol. The van der Waals surface area contributed by atoms with Gasteiger partial charge in [0.25, 0.3) is 0 Å². The number of esters is 1. The van der Waals surface area contributed by atoms with Crippen molar-refractivity contribution in [1.29, 1.82) is 0 Å². The van der Waals surface area contributed by atoms with E-state index in [1.54, 1.807) is 0 Å². The van der Waals surface area contributed by atoms with Gasteiger partial charge in [-0.2, -0.15) is 0 Å². The molecule has 4 saturated carbocycles. The third-order valence-corrected chi connectivity index (χ3v) is 8.62. The summed E-state index contributed by atoms with van der Waals surface area (Å²) in [5.41, 5.74) is -1.41. The Morgan fingerprint density at radius 1 is 1.12 bits per heavy atom. The highest BCUT2D eigenvalue weighted by atomic mass is 16.5. The van der Waals surface area contributed by atoms with Gasteiger partial charge >= 0.3 is 5.97 Å². The van der Waals surface area contributed by atoms with E-state index >= 15 is 0 Å². The van der Waals surface area contributed by atoms with E-state index in [4.69, 9.17) is 4.74 Å². The number of Topliss-reactive ketones (excluding diaryl/α,β-unsaturated/α-hetero) is 1. The topological polar surface area (TPSA) is 63.6 Å². The van der Waals surface area contributed by atoms with Gasteiger partial charge in [-0.05, 0) is 74.5 Å². The largest absolute Gasteiger partial charge is 0.469 e. The summed E-state index contributed by atoms with van der Waals surface area (Å²) < 4.78 is 5.18. The smallest absolute Gasteiger partial charge is 0.311 e. The first-order chi connectivity index (χ1) is 11.2. The molecule has 4 fully saturated rings. The van der Waals surface area contributed by atoms with Crippen LogP contribution in [0.2, 0.25) is 0 Å². The molecule has 4 nitrogen and oxygen atoms in total. The first-order valence-corrected chi connectivity index (χ1v) is 9.54. The number of hydrogen-bond acceptors (Lipinski definition) is 4. The summed E-state index contributed by atoms with van der Waals surface area (Å²) in [6.07, 6.45) is 7.75. The highest BCUT2D eigenvalue weighted by Gasteiger charge is 2.69. The lowest BCUT2D eigenvalue weighted by Gasteiger charge is -2.63. The molecule has 0 amide bonds. The molecule has 2 bridgehead atoms. The van der Waals surface area contributed by atoms with Crippen LogP contribution in [-0.4, -0.2) is 29.6 Å². The average Bonchev–Trinajstić information content (AvgIpc) is 2.70. The average molecular weight is 334 g/mol. The molecule has 4 aliphatic rings. The van der Waals surface area contributed by atoms with Crippen LogP contribution in [0, 0.1) is 28.1 Å². The second-order valence-corrected chi connectivity index (χ2v) is 9.62. The number of carbonyl (C=O) groups is 2. The summed E-state index contributed by atoms with van der Waals surface area (Å²) in [5.74, 6) is 0.770. The van der Waals surface area contributed by atoms with E-state index < -0.39 is 11.0 Å². The van der Waals surface area contributed by atoms with Crippen molar-refractivity contribution in [2.45, 2.75) is 77.2 Å². The molecule has 1 N–H and O–H groups in total.